The number of likely N-dealkylation sites (tertiary alicyclic amines) is 1. The van der Waals surface area contributed by atoms with Crippen LogP contribution in [0.1, 0.15) is 49.0 Å². The molecule has 2 rings (SSSR count). The minimum Gasteiger partial charge on any atom is -0.339 e. The maximum absolute atomic E-state index is 12.8. The Labute approximate surface area is 128 Å². The maximum Gasteiger partial charge on any atom is 0.254 e. The van der Waals surface area contributed by atoms with Gasteiger partial charge in [0.1, 0.15) is 0 Å². The zero-order valence-electron chi connectivity index (χ0n) is 13.3. The molecule has 116 valence electrons. The molecule has 2 N–H and O–H groups in total. The zero-order valence-corrected chi connectivity index (χ0v) is 13.3. The lowest BCUT2D eigenvalue weighted by molar-refractivity contribution is 0.0757. The van der Waals surface area contributed by atoms with Crippen molar-refractivity contribution >= 4 is 5.91 Å². The number of amides is 1. The van der Waals surface area contributed by atoms with Crippen LogP contribution in [-0.4, -0.2) is 30.4 Å². The van der Waals surface area contributed by atoms with Crippen molar-refractivity contribution in [2.45, 2.75) is 39.5 Å². The summed E-state index contributed by atoms with van der Waals surface area (Å²) in [4.78, 5) is 14.8. The Bertz CT molecular complexity index is 470. The highest BCUT2D eigenvalue weighted by Gasteiger charge is 2.24. The normalized spacial score (nSPS) is 19.6. The summed E-state index contributed by atoms with van der Waals surface area (Å²) >= 11 is 0. The molecule has 0 aliphatic carbocycles. The Kier molecular flexibility index (Phi) is 5.80. The van der Waals surface area contributed by atoms with Crippen molar-refractivity contribution in [3.05, 3.63) is 35.4 Å². The standard InChI is InChI=1S/C18H28N2O/c1-14(2)15-7-5-12-20(13-10-15)18(21)17-8-4-3-6-16(17)9-11-19/h3-4,6,8,14-15H,5,7,9-13,19H2,1-2H3. The van der Waals surface area contributed by atoms with E-state index in [2.05, 4.69) is 13.8 Å². The van der Waals surface area contributed by atoms with E-state index in [1.807, 2.05) is 29.2 Å². The molecule has 0 spiro atoms. The number of carbonyl (C=O) groups excluding carboxylic acids is 1. The fourth-order valence-electron chi connectivity index (χ4n) is 3.26. The summed E-state index contributed by atoms with van der Waals surface area (Å²) in [5.41, 5.74) is 7.58. The summed E-state index contributed by atoms with van der Waals surface area (Å²) in [6.07, 6.45) is 4.26. The van der Waals surface area contributed by atoms with Crippen LogP contribution >= 0.6 is 0 Å². The van der Waals surface area contributed by atoms with Crippen molar-refractivity contribution in [3.63, 3.8) is 0 Å². The lowest BCUT2D eigenvalue weighted by Gasteiger charge is -2.23. The average molecular weight is 288 g/mol. The van der Waals surface area contributed by atoms with Crippen molar-refractivity contribution in [3.8, 4) is 0 Å². The molecule has 1 aromatic carbocycles. The summed E-state index contributed by atoms with van der Waals surface area (Å²) in [5.74, 6) is 1.65. The van der Waals surface area contributed by atoms with Gasteiger partial charge in [0.05, 0.1) is 0 Å². The molecule has 1 aromatic rings. The highest BCUT2D eigenvalue weighted by Crippen LogP contribution is 2.25. The Morgan fingerprint density at radius 1 is 1.29 bits per heavy atom. The predicted octanol–water partition coefficient (Wildman–Crippen LogP) is 3.09. The number of rotatable bonds is 4. The van der Waals surface area contributed by atoms with E-state index in [0.717, 1.165) is 49.4 Å². The van der Waals surface area contributed by atoms with Crippen LogP contribution in [0.3, 0.4) is 0 Å². The number of benzene rings is 1. The molecule has 0 saturated carbocycles. The zero-order chi connectivity index (χ0) is 15.2. The molecule has 0 radical (unpaired) electrons. The van der Waals surface area contributed by atoms with Gasteiger partial charge < -0.3 is 10.6 Å². The number of hydrogen-bond donors (Lipinski definition) is 1. The van der Waals surface area contributed by atoms with Crippen molar-refractivity contribution in [2.24, 2.45) is 17.6 Å². The smallest absolute Gasteiger partial charge is 0.254 e. The molecular weight excluding hydrogens is 260 g/mol. The first kappa shape index (κ1) is 16.0. The van der Waals surface area contributed by atoms with Crippen LogP contribution in [0.4, 0.5) is 0 Å². The first-order chi connectivity index (χ1) is 10.1. The van der Waals surface area contributed by atoms with E-state index >= 15 is 0 Å². The second-order valence-electron chi connectivity index (χ2n) is 6.42. The molecule has 1 atom stereocenters. The molecular formula is C18H28N2O. The third kappa shape index (κ3) is 4.07. The van der Waals surface area contributed by atoms with E-state index < -0.39 is 0 Å². The largest absolute Gasteiger partial charge is 0.339 e. The minimum atomic E-state index is 0.184. The topological polar surface area (TPSA) is 46.3 Å². The van der Waals surface area contributed by atoms with Crippen molar-refractivity contribution in [1.82, 2.24) is 4.90 Å². The highest BCUT2D eigenvalue weighted by molar-refractivity contribution is 5.95. The molecule has 1 heterocycles. The van der Waals surface area contributed by atoms with Gasteiger partial charge in [0.2, 0.25) is 0 Å². The molecule has 1 unspecified atom stereocenters. The third-order valence-corrected chi connectivity index (χ3v) is 4.66. The molecule has 1 amide bonds. The fourth-order valence-corrected chi connectivity index (χ4v) is 3.26. The maximum atomic E-state index is 12.8. The summed E-state index contributed by atoms with van der Waals surface area (Å²) in [5, 5.41) is 0. The number of carbonyl (C=O) groups is 1. The van der Waals surface area contributed by atoms with Crippen LogP contribution in [-0.2, 0) is 6.42 Å². The van der Waals surface area contributed by atoms with Gasteiger partial charge in [0.25, 0.3) is 5.91 Å². The van der Waals surface area contributed by atoms with Crippen LogP contribution in [0.25, 0.3) is 0 Å². The second kappa shape index (κ2) is 7.60. The molecule has 3 nitrogen and oxygen atoms in total. The lowest BCUT2D eigenvalue weighted by Crippen LogP contribution is -2.33. The SMILES string of the molecule is CC(C)C1CCCN(C(=O)c2ccccc2CCN)CC1. The van der Waals surface area contributed by atoms with Gasteiger partial charge in [-0.2, -0.15) is 0 Å². The Hall–Kier alpha value is -1.35. The van der Waals surface area contributed by atoms with Gasteiger partial charge in [0, 0.05) is 18.7 Å². The van der Waals surface area contributed by atoms with Gasteiger partial charge >= 0.3 is 0 Å². The monoisotopic (exact) mass is 288 g/mol. The first-order valence-electron chi connectivity index (χ1n) is 8.20. The quantitative estimate of drug-likeness (QED) is 0.925. The summed E-state index contributed by atoms with van der Waals surface area (Å²) < 4.78 is 0. The lowest BCUT2D eigenvalue weighted by atomic mass is 9.89. The Morgan fingerprint density at radius 3 is 2.76 bits per heavy atom. The van der Waals surface area contributed by atoms with Crippen LogP contribution in [0.5, 0.6) is 0 Å². The van der Waals surface area contributed by atoms with Gasteiger partial charge in [-0.1, -0.05) is 32.0 Å². The number of nitrogens with two attached hydrogens (primary N) is 1. The van der Waals surface area contributed by atoms with Crippen LogP contribution in [0, 0.1) is 11.8 Å². The summed E-state index contributed by atoms with van der Waals surface area (Å²) in [7, 11) is 0. The molecule has 0 aromatic heterocycles. The Morgan fingerprint density at radius 2 is 2.05 bits per heavy atom. The van der Waals surface area contributed by atoms with E-state index in [-0.39, 0.29) is 5.91 Å². The van der Waals surface area contributed by atoms with Crippen LogP contribution in [0.15, 0.2) is 24.3 Å². The van der Waals surface area contributed by atoms with Crippen molar-refractivity contribution < 1.29 is 4.79 Å². The summed E-state index contributed by atoms with van der Waals surface area (Å²) in [6.45, 7) is 6.94. The van der Waals surface area contributed by atoms with Crippen LogP contribution in [0.2, 0.25) is 0 Å². The van der Waals surface area contributed by atoms with E-state index in [1.54, 1.807) is 0 Å². The minimum absolute atomic E-state index is 0.184. The Balaban J connectivity index is 2.09. The molecule has 1 aliphatic rings. The van der Waals surface area contributed by atoms with E-state index in [4.69, 9.17) is 5.73 Å². The van der Waals surface area contributed by atoms with Crippen LogP contribution < -0.4 is 5.73 Å². The van der Waals surface area contributed by atoms with Gasteiger partial charge in [-0.15, -0.1) is 0 Å². The van der Waals surface area contributed by atoms with Crippen molar-refractivity contribution in [2.75, 3.05) is 19.6 Å². The van der Waals surface area contributed by atoms with Crippen molar-refractivity contribution in [1.29, 1.82) is 0 Å². The van der Waals surface area contributed by atoms with Gasteiger partial charge in [-0.3, -0.25) is 4.79 Å². The third-order valence-electron chi connectivity index (χ3n) is 4.66. The molecule has 1 aliphatic heterocycles. The number of nitrogens with zero attached hydrogens (tertiary/aromatic N) is 1. The average Bonchev–Trinajstić information content (AvgIpc) is 2.73. The van der Waals surface area contributed by atoms with E-state index in [0.29, 0.717) is 12.5 Å². The molecule has 21 heavy (non-hydrogen) atoms. The molecule has 0 bridgehead atoms. The fraction of sp³-hybridized carbons (Fsp3) is 0.611. The predicted molar refractivity (Wildman–Crippen MR) is 87.3 cm³/mol. The first-order valence-corrected chi connectivity index (χ1v) is 8.20. The van der Waals surface area contributed by atoms with Gasteiger partial charge in [-0.25, -0.2) is 0 Å². The highest BCUT2D eigenvalue weighted by atomic mass is 16.2. The second-order valence-corrected chi connectivity index (χ2v) is 6.42. The molecule has 1 fully saturated rings. The number of hydrogen-bond acceptors (Lipinski definition) is 2. The van der Waals surface area contributed by atoms with Gasteiger partial charge in [-0.05, 0) is 55.7 Å². The van der Waals surface area contributed by atoms with E-state index in [9.17, 15) is 4.79 Å². The summed E-state index contributed by atoms with van der Waals surface area (Å²) in [6, 6.07) is 7.90. The van der Waals surface area contributed by atoms with Gasteiger partial charge in [0.15, 0.2) is 0 Å². The molecule has 1 saturated heterocycles. The molecule has 3 heteroatoms. The van der Waals surface area contributed by atoms with E-state index in [1.165, 1.54) is 6.42 Å².